The molecular formula is C11H22N2O4. The molecule has 0 radical (unpaired) electrons. The van der Waals surface area contributed by atoms with E-state index >= 15 is 0 Å². The Labute approximate surface area is 102 Å². The third-order valence-electron chi connectivity index (χ3n) is 2.08. The van der Waals surface area contributed by atoms with Crippen LogP contribution in [0.25, 0.3) is 0 Å². The lowest BCUT2D eigenvalue weighted by molar-refractivity contribution is -0.142. The molecule has 100 valence electrons. The van der Waals surface area contributed by atoms with Crippen LogP contribution in [0.2, 0.25) is 0 Å². The fraction of sp³-hybridized carbons (Fsp3) is 0.818. The van der Waals surface area contributed by atoms with E-state index in [-0.39, 0.29) is 18.4 Å². The average molecular weight is 246 g/mol. The smallest absolute Gasteiger partial charge is 0.319 e. The van der Waals surface area contributed by atoms with E-state index < -0.39 is 6.04 Å². The maximum atomic E-state index is 11.5. The number of carbonyl (C=O) groups excluding carboxylic acids is 2. The molecule has 6 heteroatoms. The maximum absolute atomic E-state index is 11.5. The second-order valence-electron chi connectivity index (χ2n) is 3.54. The van der Waals surface area contributed by atoms with Crippen molar-refractivity contribution in [3.63, 3.8) is 0 Å². The van der Waals surface area contributed by atoms with Crippen LogP contribution in [-0.2, 0) is 19.1 Å². The summed E-state index contributed by atoms with van der Waals surface area (Å²) in [6.07, 6.45) is 0.771. The first kappa shape index (κ1) is 15.9. The Morgan fingerprint density at radius 1 is 1.35 bits per heavy atom. The molecule has 0 aliphatic heterocycles. The minimum absolute atomic E-state index is 0.0422. The van der Waals surface area contributed by atoms with Crippen molar-refractivity contribution in [2.45, 2.75) is 26.3 Å². The molecule has 0 heterocycles. The molecule has 0 aliphatic carbocycles. The first-order chi connectivity index (χ1) is 8.11. The van der Waals surface area contributed by atoms with Crippen LogP contribution in [0, 0.1) is 0 Å². The highest BCUT2D eigenvalue weighted by Crippen LogP contribution is 1.85. The minimum atomic E-state index is -0.415. The molecule has 1 amide bonds. The first-order valence-corrected chi connectivity index (χ1v) is 5.77. The lowest BCUT2D eigenvalue weighted by atomic mass is 10.3. The SMILES string of the molecule is CCOC(=O)CNC(C)C(=O)NCCCOC. The van der Waals surface area contributed by atoms with Gasteiger partial charge in [-0.1, -0.05) is 0 Å². The van der Waals surface area contributed by atoms with Crippen molar-refractivity contribution in [3.8, 4) is 0 Å². The van der Waals surface area contributed by atoms with Gasteiger partial charge in [0.05, 0.1) is 19.2 Å². The molecule has 0 spiro atoms. The Morgan fingerprint density at radius 3 is 2.65 bits per heavy atom. The predicted molar refractivity (Wildman–Crippen MR) is 63.6 cm³/mol. The van der Waals surface area contributed by atoms with E-state index in [4.69, 9.17) is 9.47 Å². The Bertz CT molecular complexity index is 234. The maximum Gasteiger partial charge on any atom is 0.319 e. The molecular weight excluding hydrogens is 224 g/mol. The second kappa shape index (κ2) is 10.0. The van der Waals surface area contributed by atoms with Gasteiger partial charge in [-0.2, -0.15) is 0 Å². The van der Waals surface area contributed by atoms with E-state index in [9.17, 15) is 9.59 Å². The summed E-state index contributed by atoms with van der Waals surface area (Å²) in [6, 6.07) is -0.415. The summed E-state index contributed by atoms with van der Waals surface area (Å²) in [5, 5.41) is 5.53. The zero-order chi connectivity index (χ0) is 13.1. The van der Waals surface area contributed by atoms with Gasteiger partial charge in [-0.05, 0) is 20.3 Å². The predicted octanol–water partition coefficient (Wildman–Crippen LogP) is -0.320. The second-order valence-corrected chi connectivity index (χ2v) is 3.54. The number of hydrogen-bond acceptors (Lipinski definition) is 5. The summed E-state index contributed by atoms with van der Waals surface area (Å²) in [7, 11) is 1.62. The molecule has 1 atom stereocenters. The summed E-state index contributed by atoms with van der Waals surface area (Å²) in [6.45, 7) is 5.01. The quantitative estimate of drug-likeness (QED) is 0.431. The molecule has 0 aromatic carbocycles. The van der Waals surface area contributed by atoms with E-state index in [1.165, 1.54) is 0 Å². The van der Waals surface area contributed by atoms with Crippen LogP contribution in [0.1, 0.15) is 20.3 Å². The van der Waals surface area contributed by atoms with Crippen LogP contribution in [0.4, 0.5) is 0 Å². The van der Waals surface area contributed by atoms with Gasteiger partial charge in [0.25, 0.3) is 0 Å². The number of hydrogen-bond donors (Lipinski definition) is 2. The Hall–Kier alpha value is -1.14. The topological polar surface area (TPSA) is 76.7 Å². The Balaban J connectivity index is 3.63. The van der Waals surface area contributed by atoms with Crippen molar-refractivity contribution in [2.24, 2.45) is 0 Å². The summed E-state index contributed by atoms with van der Waals surface area (Å²) in [5.41, 5.74) is 0. The summed E-state index contributed by atoms with van der Waals surface area (Å²) in [5.74, 6) is -0.489. The summed E-state index contributed by atoms with van der Waals surface area (Å²) >= 11 is 0. The van der Waals surface area contributed by atoms with Crippen molar-refractivity contribution >= 4 is 11.9 Å². The molecule has 17 heavy (non-hydrogen) atoms. The van der Waals surface area contributed by atoms with Crippen LogP contribution in [0.3, 0.4) is 0 Å². The molecule has 0 aliphatic rings. The van der Waals surface area contributed by atoms with E-state index in [0.29, 0.717) is 19.8 Å². The zero-order valence-electron chi connectivity index (χ0n) is 10.7. The van der Waals surface area contributed by atoms with Gasteiger partial charge in [0.1, 0.15) is 0 Å². The van der Waals surface area contributed by atoms with Crippen LogP contribution in [0.5, 0.6) is 0 Å². The molecule has 0 saturated carbocycles. The third kappa shape index (κ3) is 8.65. The van der Waals surface area contributed by atoms with Crippen LogP contribution < -0.4 is 10.6 Å². The molecule has 0 saturated heterocycles. The fourth-order valence-electron chi connectivity index (χ4n) is 1.12. The zero-order valence-corrected chi connectivity index (χ0v) is 10.7. The highest BCUT2D eigenvalue weighted by atomic mass is 16.5. The van der Waals surface area contributed by atoms with E-state index in [0.717, 1.165) is 6.42 Å². The largest absolute Gasteiger partial charge is 0.465 e. The number of methoxy groups -OCH3 is 1. The molecule has 6 nitrogen and oxygen atoms in total. The molecule has 2 N–H and O–H groups in total. The van der Waals surface area contributed by atoms with Crippen LogP contribution in [-0.4, -0.2) is 51.3 Å². The van der Waals surface area contributed by atoms with Gasteiger partial charge in [0.2, 0.25) is 5.91 Å². The highest BCUT2D eigenvalue weighted by Gasteiger charge is 2.13. The van der Waals surface area contributed by atoms with Gasteiger partial charge in [-0.15, -0.1) is 0 Å². The van der Waals surface area contributed by atoms with Gasteiger partial charge in [0.15, 0.2) is 0 Å². The molecule has 0 aromatic rings. The first-order valence-electron chi connectivity index (χ1n) is 5.77. The lowest BCUT2D eigenvalue weighted by Gasteiger charge is -2.13. The van der Waals surface area contributed by atoms with E-state index in [2.05, 4.69) is 10.6 Å². The molecule has 0 rings (SSSR count). The normalized spacial score (nSPS) is 11.9. The monoisotopic (exact) mass is 246 g/mol. The summed E-state index contributed by atoms with van der Waals surface area (Å²) in [4.78, 5) is 22.5. The van der Waals surface area contributed by atoms with Crippen molar-refractivity contribution < 1.29 is 19.1 Å². The molecule has 1 unspecified atom stereocenters. The van der Waals surface area contributed by atoms with Crippen molar-refractivity contribution in [1.82, 2.24) is 10.6 Å². The number of carbonyl (C=O) groups is 2. The van der Waals surface area contributed by atoms with Crippen LogP contribution >= 0.6 is 0 Å². The van der Waals surface area contributed by atoms with Gasteiger partial charge in [-0.3, -0.25) is 14.9 Å². The van der Waals surface area contributed by atoms with Gasteiger partial charge in [0, 0.05) is 20.3 Å². The number of nitrogens with one attached hydrogen (secondary N) is 2. The fourth-order valence-corrected chi connectivity index (χ4v) is 1.12. The van der Waals surface area contributed by atoms with Gasteiger partial charge < -0.3 is 14.8 Å². The lowest BCUT2D eigenvalue weighted by Crippen LogP contribution is -2.44. The van der Waals surface area contributed by atoms with Gasteiger partial charge in [-0.25, -0.2) is 0 Å². The minimum Gasteiger partial charge on any atom is -0.465 e. The van der Waals surface area contributed by atoms with E-state index in [1.54, 1.807) is 21.0 Å². The Morgan fingerprint density at radius 2 is 2.06 bits per heavy atom. The van der Waals surface area contributed by atoms with Crippen molar-refractivity contribution in [2.75, 3.05) is 33.4 Å². The number of ether oxygens (including phenoxy) is 2. The third-order valence-corrected chi connectivity index (χ3v) is 2.08. The van der Waals surface area contributed by atoms with Gasteiger partial charge >= 0.3 is 5.97 Å². The Kier molecular flexibility index (Phi) is 9.37. The van der Waals surface area contributed by atoms with Crippen molar-refractivity contribution in [1.29, 1.82) is 0 Å². The van der Waals surface area contributed by atoms with Crippen molar-refractivity contribution in [3.05, 3.63) is 0 Å². The molecule has 0 fully saturated rings. The standard InChI is InChI=1S/C11H22N2O4/c1-4-17-10(14)8-13-9(2)11(15)12-6-5-7-16-3/h9,13H,4-8H2,1-3H3,(H,12,15). The highest BCUT2D eigenvalue weighted by molar-refractivity contribution is 5.82. The average Bonchev–Trinajstić information content (AvgIpc) is 2.31. The summed E-state index contributed by atoms with van der Waals surface area (Å²) < 4.78 is 9.60. The number of amides is 1. The molecule has 0 aromatic heterocycles. The number of rotatable bonds is 9. The number of esters is 1. The van der Waals surface area contributed by atoms with E-state index in [1.807, 2.05) is 0 Å². The molecule has 0 bridgehead atoms. The van der Waals surface area contributed by atoms with Crippen LogP contribution in [0.15, 0.2) is 0 Å².